The number of hydrogen-bond donors (Lipinski definition) is 0. The Bertz CT molecular complexity index is 539. The molecule has 2 bridgehead atoms. The van der Waals surface area contributed by atoms with E-state index in [1.165, 1.54) is 4.90 Å². The predicted molar refractivity (Wildman–Crippen MR) is 73.9 cm³/mol. The van der Waals surface area contributed by atoms with Crippen molar-refractivity contribution in [2.24, 2.45) is 0 Å². The zero-order chi connectivity index (χ0) is 16.4. The Kier molecular flexibility index (Phi) is 4.32. The Balaban J connectivity index is 1.58. The number of amides is 1. The molecule has 8 heteroatoms. The molecule has 23 heavy (non-hydrogen) atoms. The van der Waals surface area contributed by atoms with Gasteiger partial charge in [-0.05, 0) is 25.0 Å². The smallest absolute Gasteiger partial charge is 0.422 e. The zero-order valence-electron chi connectivity index (χ0n) is 12.3. The number of piperidine rings is 1. The number of pyridine rings is 1. The first-order chi connectivity index (χ1) is 10.9. The van der Waals surface area contributed by atoms with E-state index in [0.717, 1.165) is 12.8 Å². The van der Waals surface area contributed by atoms with Gasteiger partial charge < -0.3 is 14.4 Å². The van der Waals surface area contributed by atoms with Crippen molar-refractivity contribution in [3.05, 3.63) is 24.5 Å². The summed E-state index contributed by atoms with van der Waals surface area (Å²) in [7, 11) is 0. The van der Waals surface area contributed by atoms with Gasteiger partial charge in [0.05, 0.1) is 0 Å². The SMILES string of the molecule is O=C(OCC(F)(F)F)N1[C@H]2CC[C@H]1CC(Oc1ccncc1)C2. The van der Waals surface area contributed by atoms with Crippen molar-refractivity contribution < 1.29 is 27.4 Å². The van der Waals surface area contributed by atoms with Crippen LogP contribution in [0.25, 0.3) is 0 Å². The van der Waals surface area contributed by atoms with Gasteiger partial charge in [0.15, 0.2) is 6.61 Å². The van der Waals surface area contributed by atoms with Crippen molar-refractivity contribution in [1.82, 2.24) is 9.88 Å². The van der Waals surface area contributed by atoms with Crippen molar-refractivity contribution >= 4 is 6.09 Å². The van der Waals surface area contributed by atoms with Crippen LogP contribution in [0.15, 0.2) is 24.5 Å². The van der Waals surface area contributed by atoms with Gasteiger partial charge in [0, 0.05) is 37.3 Å². The summed E-state index contributed by atoms with van der Waals surface area (Å²) in [5.41, 5.74) is 0. The van der Waals surface area contributed by atoms with Crippen LogP contribution < -0.4 is 4.74 Å². The normalized spacial score (nSPS) is 26.9. The van der Waals surface area contributed by atoms with Crippen LogP contribution in [0.3, 0.4) is 0 Å². The van der Waals surface area contributed by atoms with E-state index in [4.69, 9.17) is 4.74 Å². The molecule has 2 aliphatic heterocycles. The van der Waals surface area contributed by atoms with Crippen LogP contribution in [0.5, 0.6) is 5.75 Å². The summed E-state index contributed by atoms with van der Waals surface area (Å²) in [5.74, 6) is 0.706. The van der Waals surface area contributed by atoms with Gasteiger partial charge in [0.25, 0.3) is 0 Å². The number of carbonyl (C=O) groups is 1. The molecule has 1 aromatic rings. The van der Waals surface area contributed by atoms with Crippen LogP contribution in [-0.4, -0.2) is 46.9 Å². The van der Waals surface area contributed by atoms with E-state index in [-0.39, 0.29) is 18.2 Å². The monoisotopic (exact) mass is 330 g/mol. The van der Waals surface area contributed by atoms with Gasteiger partial charge >= 0.3 is 12.3 Å². The number of halogens is 3. The number of aromatic nitrogens is 1. The molecule has 1 amide bonds. The summed E-state index contributed by atoms with van der Waals surface area (Å²) < 4.78 is 46.8. The highest BCUT2D eigenvalue weighted by Crippen LogP contribution is 2.37. The molecule has 0 saturated carbocycles. The first-order valence-corrected chi connectivity index (χ1v) is 7.51. The number of alkyl halides is 3. The lowest BCUT2D eigenvalue weighted by atomic mass is 10.0. The molecule has 0 unspecified atom stereocenters. The summed E-state index contributed by atoms with van der Waals surface area (Å²) in [4.78, 5) is 17.3. The van der Waals surface area contributed by atoms with Gasteiger partial charge in [-0.2, -0.15) is 13.2 Å². The second-order valence-electron chi connectivity index (χ2n) is 5.86. The largest absolute Gasteiger partial charge is 0.490 e. The van der Waals surface area contributed by atoms with E-state index in [1.54, 1.807) is 24.5 Å². The highest BCUT2D eigenvalue weighted by atomic mass is 19.4. The van der Waals surface area contributed by atoms with Gasteiger partial charge in [-0.3, -0.25) is 4.98 Å². The second kappa shape index (κ2) is 6.25. The maximum atomic E-state index is 12.2. The topological polar surface area (TPSA) is 51.7 Å². The molecule has 0 aromatic carbocycles. The summed E-state index contributed by atoms with van der Waals surface area (Å²) in [6.07, 6.45) is 0.557. The number of rotatable bonds is 3. The van der Waals surface area contributed by atoms with Crippen molar-refractivity contribution in [2.45, 2.75) is 50.0 Å². The van der Waals surface area contributed by atoms with E-state index in [2.05, 4.69) is 9.72 Å². The maximum absolute atomic E-state index is 12.2. The van der Waals surface area contributed by atoms with Gasteiger partial charge in [-0.25, -0.2) is 4.79 Å². The lowest BCUT2D eigenvalue weighted by Gasteiger charge is -2.38. The fourth-order valence-electron chi connectivity index (χ4n) is 3.35. The van der Waals surface area contributed by atoms with Crippen molar-refractivity contribution in [1.29, 1.82) is 0 Å². The summed E-state index contributed by atoms with van der Waals surface area (Å²) >= 11 is 0. The highest BCUT2D eigenvalue weighted by Gasteiger charge is 2.45. The second-order valence-corrected chi connectivity index (χ2v) is 5.86. The molecule has 126 valence electrons. The highest BCUT2D eigenvalue weighted by molar-refractivity contribution is 5.69. The molecule has 2 atom stereocenters. The van der Waals surface area contributed by atoms with E-state index in [9.17, 15) is 18.0 Å². The Morgan fingerprint density at radius 3 is 2.39 bits per heavy atom. The molecule has 0 radical (unpaired) electrons. The Morgan fingerprint density at radius 1 is 1.22 bits per heavy atom. The van der Waals surface area contributed by atoms with Gasteiger partial charge in [0.1, 0.15) is 11.9 Å². The molecular weight excluding hydrogens is 313 g/mol. The van der Waals surface area contributed by atoms with Gasteiger partial charge in [0.2, 0.25) is 0 Å². The quantitative estimate of drug-likeness (QED) is 0.854. The molecule has 5 nitrogen and oxygen atoms in total. The predicted octanol–water partition coefficient (Wildman–Crippen LogP) is 3.15. The third-order valence-corrected chi connectivity index (χ3v) is 4.21. The molecule has 3 heterocycles. The molecule has 0 spiro atoms. The third-order valence-electron chi connectivity index (χ3n) is 4.21. The molecule has 2 aliphatic rings. The van der Waals surface area contributed by atoms with Crippen molar-refractivity contribution in [3.8, 4) is 5.75 Å². The van der Waals surface area contributed by atoms with Crippen LogP contribution in [0, 0.1) is 0 Å². The van der Waals surface area contributed by atoms with Crippen LogP contribution in [-0.2, 0) is 4.74 Å². The number of hydrogen-bond acceptors (Lipinski definition) is 4. The summed E-state index contributed by atoms with van der Waals surface area (Å²) in [6.45, 7) is -1.54. The minimum absolute atomic E-state index is 0.0541. The van der Waals surface area contributed by atoms with E-state index < -0.39 is 18.9 Å². The van der Waals surface area contributed by atoms with E-state index in [0.29, 0.717) is 18.6 Å². The van der Waals surface area contributed by atoms with E-state index in [1.807, 2.05) is 0 Å². The fraction of sp³-hybridized carbons (Fsp3) is 0.600. The Hall–Kier alpha value is -1.99. The lowest BCUT2D eigenvalue weighted by Crippen LogP contribution is -2.49. The summed E-state index contributed by atoms with van der Waals surface area (Å²) in [5, 5.41) is 0. The van der Waals surface area contributed by atoms with Crippen molar-refractivity contribution in [3.63, 3.8) is 0 Å². The average Bonchev–Trinajstić information content (AvgIpc) is 2.77. The molecule has 0 N–H and O–H groups in total. The van der Waals surface area contributed by atoms with Gasteiger partial charge in [-0.1, -0.05) is 0 Å². The van der Waals surface area contributed by atoms with Crippen LogP contribution in [0.1, 0.15) is 25.7 Å². The first-order valence-electron chi connectivity index (χ1n) is 7.51. The third kappa shape index (κ3) is 3.86. The number of ether oxygens (including phenoxy) is 2. The minimum atomic E-state index is -4.50. The van der Waals surface area contributed by atoms with Crippen LogP contribution in [0.4, 0.5) is 18.0 Å². The minimum Gasteiger partial charge on any atom is -0.490 e. The Labute approximate surface area is 131 Å². The zero-order valence-corrected chi connectivity index (χ0v) is 12.3. The average molecular weight is 330 g/mol. The fourth-order valence-corrected chi connectivity index (χ4v) is 3.35. The molecule has 0 aliphatic carbocycles. The molecule has 2 saturated heterocycles. The van der Waals surface area contributed by atoms with E-state index >= 15 is 0 Å². The first kappa shape index (κ1) is 15.9. The number of nitrogens with zero attached hydrogens (tertiary/aromatic N) is 2. The number of carbonyl (C=O) groups excluding carboxylic acids is 1. The van der Waals surface area contributed by atoms with Gasteiger partial charge in [-0.15, -0.1) is 0 Å². The van der Waals surface area contributed by atoms with Crippen LogP contribution in [0.2, 0.25) is 0 Å². The summed E-state index contributed by atoms with van der Waals surface area (Å²) in [6, 6.07) is 3.26. The molecular formula is C15H17F3N2O3. The maximum Gasteiger partial charge on any atom is 0.422 e. The molecule has 3 rings (SSSR count). The standard InChI is InChI=1S/C15H17F3N2O3/c16-15(17,18)9-22-14(21)20-10-1-2-11(20)8-13(7-10)23-12-3-5-19-6-4-12/h3-6,10-11,13H,1-2,7-9H2/t10-,11-/m0/s1. The lowest BCUT2D eigenvalue weighted by molar-refractivity contribution is -0.163. The Morgan fingerprint density at radius 2 is 1.83 bits per heavy atom. The van der Waals surface area contributed by atoms with Crippen molar-refractivity contribution in [2.75, 3.05) is 6.61 Å². The molecule has 1 aromatic heterocycles. The number of fused-ring (bicyclic) bond motifs is 2. The molecule has 2 fully saturated rings. The van der Waals surface area contributed by atoms with Crippen LogP contribution >= 0.6 is 0 Å².